The van der Waals surface area contributed by atoms with Crippen LogP contribution in [0.3, 0.4) is 0 Å². The van der Waals surface area contributed by atoms with Crippen LogP contribution in [0.4, 0.5) is 5.69 Å². The van der Waals surface area contributed by atoms with Crippen molar-refractivity contribution in [2.75, 3.05) is 5.73 Å². The second kappa shape index (κ2) is 3.67. The molecule has 1 aromatic heterocycles. The van der Waals surface area contributed by atoms with Crippen LogP contribution >= 0.6 is 0 Å². The summed E-state index contributed by atoms with van der Waals surface area (Å²) in [5.41, 5.74) is 11.4. The maximum Gasteiger partial charge on any atom is 0.0533 e. The third-order valence-corrected chi connectivity index (χ3v) is 3.18. The molecule has 3 aromatic rings. The average Bonchev–Trinajstić information content (AvgIpc) is 2.80. The van der Waals surface area contributed by atoms with Crippen LogP contribution in [0, 0.1) is 6.92 Å². The van der Waals surface area contributed by atoms with Crippen LogP contribution in [-0.4, -0.2) is 4.98 Å². The maximum absolute atomic E-state index is 5.97. The number of fused-ring (bicyclic) bond motifs is 1. The van der Waals surface area contributed by atoms with Gasteiger partial charge in [0.1, 0.15) is 0 Å². The number of para-hydroxylation sites is 1. The summed E-state index contributed by atoms with van der Waals surface area (Å²) < 4.78 is 0. The molecule has 3 rings (SSSR count). The molecule has 0 bridgehead atoms. The zero-order valence-electron chi connectivity index (χ0n) is 9.70. The third kappa shape index (κ3) is 1.58. The lowest BCUT2D eigenvalue weighted by Gasteiger charge is -2.06. The average molecular weight is 222 g/mol. The SMILES string of the molecule is Cc1ccc(-c2cccc3cc[nH]c23)cc1N. The Balaban J connectivity index is 2.26. The summed E-state index contributed by atoms with van der Waals surface area (Å²) in [7, 11) is 0. The molecule has 0 aliphatic rings. The maximum atomic E-state index is 5.97. The summed E-state index contributed by atoms with van der Waals surface area (Å²) >= 11 is 0. The molecule has 0 spiro atoms. The van der Waals surface area contributed by atoms with E-state index in [1.54, 1.807) is 0 Å². The molecule has 2 heteroatoms. The molecule has 0 radical (unpaired) electrons. The molecule has 1 heterocycles. The minimum atomic E-state index is 0.839. The van der Waals surface area contributed by atoms with Crippen molar-refractivity contribution >= 4 is 16.6 Å². The largest absolute Gasteiger partial charge is 0.398 e. The Kier molecular flexibility index (Phi) is 2.15. The highest BCUT2D eigenvalue weighted by molar-refractivity contribution is 5.94. The first kappa shape index (κ1) is 9.97. The van der Waals surface area contributed by atoms with E-state index < -0.39 is 0 Å². The summed E-state index contributed by atoms with van der Waals surface area (Å²) in [4.78, 5) is 3.28. The van der Waals surface area contributed by atoms with Crippen molar-refractivity contribution in [2.24, 2.45) is 0 Å². The van der Waals surface area contributed by atoms with Gasteiger partial charge in [0.15, 0.2) is 0 Å². The summed E-state index contributed by atoms with van der Waals surface area (Å²) in [5, 5.41) is 1.22. The van der Waals surface area contributed by atoms with Gasteiger partial charge in [0.2, 0.25) is 0 Å². The number of nitrogens with one attached hydrogen (secondary N) is 1. The van der Waals surface area contributed by atoms with Crippen LogP contribution in [-0.2, 0) is 0 Å². The molecule has 0 saturated heterocycles. The number of aryl methyl sites for hydroxylation is 1. The van der Waals surface area contributed by atoms with Gasteiger partial charge < -0.3 is 10.7 Å². The van der Waals surface area contributed by atoms with Crippen molar-refractivity contribution in [1.29, 1.82) is 0 Å². The minimum Gasteiger partial charge on any atom is -0.398 e. The van der Waals surface area contributed by atoms with Crippen molar-refractivity contribution in [3.8, 4) is 11.1 Å². The van der Waals surface area contributed by atoms with Gasteiger partial charge in [0.25, 0.3) is 0 Å². The first-order valence-corrected chi connectivity index (χ1v) is 5.68. The van der Waals surface area contributed by atoms with Gasteiger partial charge in [0.05, 0.1) is 5.52 Å². The van der Waals surface area contributed by atoms with Crippen molar-refractivity contribution in [3.05, 3.63) is 54.2 Å². The fourth-order valence-electron chi connectivity index (χ4n) is 2.13. The number of hydrogen-bond donors (Lipinski definition) is 2. The molecule has 2 aromatic carbocycles. The van der Waals surface area contributed by atoms with Crippen LogP contribution in [0.25, 0.3) is 22.0 Å². The molecular weight excluding hydrogens is 208 g/mol. The second-order valence-electron chi connectivity index (χ2n) is 4.32. The molecule has 17 heavy (non-hydrogen) atoms. The van der Waals surface area contributed by atoms with E-state index in [2.05, 4.69) is 41.4 Å². The van der Waals surface area contributed by atoms with Crippen LogP contribution < -0.4 is 5.73 Å². The molecule has 0 saturated carbocycles. The molecular formula is C15H14N2. The van der Waals surface area contributed by atoms with E-state index in [1.807, 2.05) is 19.2 Å². The predicted octanol–water partition coefficient (Wildman–Crippen LogP) is 3.73. The van der Waals surface area contributed by atoms with Crippen molar-refractivity contribution in [2.45, 2.75) is 6.92 Å². The lowest BCUT2D eigenvalue weighted by molar-refractivity contribution is 1.45. The normalized spacial score (nSPS) is 10.9. The van der Waals surface area contributed by atoms with Gasteiger partial charge in [-0.15, -0.1) is 0 Å². The number of hydrogen-bond acceptors (Lipinski definition) is 1. The Morgan fingerprint density at radius 2 is 1.94 bits per heavy atom. The van der Waals surface area contributed by atoms with E-state index in [1.165, 1.54) is 10.9 Å². The van der Waals surface area contributed by atoms with E-state index in [0.29, 0.717) is 0 Å². The molecule has 0 fully saturated rings. The van der Waals surface area contributed by atoms with Crippen LogP contribution in [0.5, 0.6) is 0 Å². The van der Waals surface area contributed by atoms with E-state index in [4.69, 9.17) is 5.73 Å². The lowest BCUT2D eigenvalue weighted by atomic mass is 10.0. The van der Waals surface area contributed by atoms with Gasteiger partial charge in [-0.25, -0.2) is 0 Å². The molecule has 0 amide bonds. The van der Waals surface area contributed by atoms with Gasteiger partial charge in [-0.05, 0) is 35.6 Å². The van der Waals surface area contributed by atoms with Crippen LogP contribution in [0.2, 0.25) is 0 Å². The monoisotopic (exact) mass is 222 g/mol. The highest BCUT2D eigenvalue weighted by Gasteiger charge is 2.05. The summed E-state index contributed by atoms with van der Waals surface area (Å²) in [6.45, 7) is 2.02. The molecule has 0 atom stereocenters. The van der Waals surface area contributed by atoms with E-state index >= 15 is 0 Å². The highest BCUT2D eigenvalue weighted by Crippen LogP contribution is 2.29. The van der Waals surface area contributed by atoms with Crippen molar-refractivity contribution in [1.82, 2.24) is 4.98 Å². The number of rotatable bonds is 1. The Morgan fingerprint density at radius 1 is 1.06 bits per heavy atom. The number of H-pyrrole nitrogens is 1. The van der Waals surface area contributed by atoms with E-state index in [-0.39, 0.29) is 0 Å². The van der Waals surface area contributed by atoms with Gasteiger partial charge >= 0.3 is 0 Å². The zero-order valence-corrected chi connectivity index (χ0v) is 9.70. The molecule has 2 nitrogen and oxygen atoms in total. The Labute approximate surface area is 100 Å². The molecule has 0 unspecified atom stereocenters. The summed E-state index contributed by atoms with van der Waals surface area (Å²) in [5.74, 6) is 0. The van der Waals surface area contributed by atoms with Gasteiger partial charge in [0, 0.05) is 17.4 Å². The first-order chi connectivity index (χ1) is 8.25. The van der Waals surface area contributed by atoms with Gasteiger partial charge in [-0.3, -0.25) is 0 Å². The number of nitrogen functional groups attached to an aromatic ring is 1. The molecule has 0 aliphatic carbocycles. The van der Waals surface area contributed by atoms with Crippen molar-refractivity contribution < 1.29 is 0 Å². The van der Waals surface area contributed by atoms with E-state index in [0.717, 1.165) is 22.3 Å². The van der Waals surface area contributed by atoms with Crippen LogP contribution in [0.1, 0.15) is 5.56 Å². The summed E-state index contributed by atoms with van der Waals surface area (Å²) in [6, 6.07) is 14.6. The Morgan fingerprint density at radius 3 is 2.76 bits per heavy atom. The zero-order chi connectivity index (χ0) is 11.8. The number of aromatic amines is 1. The molecule has 0 aliphatic heterocycles. The number of nitrogens with two attached hydrogens (primary N) is 1. The molecule has 84 valence electrons. The Bertz CT molecular complexity index is 680. The highest BCUT2D eigenvalue weighted by atomic mass is 14.7. The standard InChI is InChI=1S/C15H14N2/c1-10-5-6-12(9-14(10)16)13-4-2-3-11-7-8-17-15(11)13/h2-9,17H,16H2,1H3. The smallest absolute Gasteiger partial charge is 0.0533 e. The van der Waals surface area contributed by atoms with E-state index in [9.17, 15) is 0 Å². The Hall–Kier alpha value is -2.22. The first-order valence-electron chi connectivity index (χ1n) is 5.68. The predicted molar refractivity (Wildman–Crippen MR) is 72.9 cm³/mol. The number of benzene rings is 2. The quantitative estimate of drug-likeness (QED) is 0.605. The lowest BCUT2D eigenvalue weighted by Crippen LogP contribution is -1.90. The summed E-state index contributed by atoms with van der Waals surface area (Å²) in [6.07, 6.45) is 1.96. The third-order valence-electron chi connectivity index (χ3n) is 3.18. The molecule has 3 N–H and O–H groups in total. The number of aromatic nitrogens is 1. The second-order valence-corrected chi connectivity index (χ2v) is 4.32. The minimum absolute atomic E-state index is 0.839. The van der Waals surface area contributed by atoms with Crippen molar-refractivity contribution in [3.63, 3.8) is 0 Å². The fraction of sp³-hybridized carbons (Fsp3) is 0.0667. The van der Waals surface area contributed by atoms with Crippen LogP contribution in [0.15, 0.2) is 48.7 Å². The number of anilines is 1. The van der Waals surface area contributed by atoms with Gasteiger partial charge in [-0.1, -0.05) is 30.3 Å². The topological polar surface area (TPSA) is 41.8 Å². The van der Waals surface area contributed by atoms with Gasteiger partial charge in [-0.2, -0.15) is 0 Å². The fourth-order valence-corrected chi connectivity index (χ4v) is 2.13.